The zero-order chi connectivity index (χ0) is 8.58. The smallest absolute Gasteiger partial charge is 0.102 e. The molecule has 0 aliphatic heterocycles. The van der Waals surface area contributed by atoms with Gasteiger partial charge in [-0.3, -0.25) is 0 Å². The van der Waals surface area contributed by atoms with Gasteiger partial charge in [0.1, 0.15) is 4.84 Å². The van der Waals surface area contributed by atoms with Crippen LogP contribution in [-0.2, 0) is 0 Å². The van der Waals surface area contributed by atoms with Gasteiger partial charge in [0.15, 0.2) is 4.21 Å². The van der Waals surface area contributed by atoms with Crippen molar-refractivity contribution in [3.8, 4) is 0 Å². The molecule has 0 amide bonds. The van der Waals surface area contributed by atoms with Crippen LogP contribution in [-0.4, -0.2) is 12.8 Å². The number of halogens is 6. The monoisotopic (exact) mass is 279 g/mol. The normalized spacial score (nSPS) is 19.2. The molecule has 0 spiro atoms. The Morgan fingerprint density at radius 1 is 1.00 bits per heavy atom. The molecule has 0 saturated heterocycles. The highest BCUT2D eigenvalue weighted by molar-refractivity contribution is 7.84. The molecule has 0 heterocycles. The lowest BCUT2D eigenvalue weighted by Gasteiger charge is -2.28. The Morgan fingerprint density at radius 3 is 1.30 bits per heavy atom. The summed E-state index contributed by atoms with van der Waals surface area (Å²) in [6.07, 6.45) is 0. The molecule has 1 radical (unpaired) electrons. The fourth-order valence-corrected chi connectivity index (χ4v) is 1.11. The number of rotatable bonds is 1. The molecule has 0 rings (SSSR count). The molecular formula is C3HCl6S. The average molecular weight is 282 g/mol. The summed E-state index contributed by atoms with van der Waals surface area (Å²) in [5.41, 5.74) is 0. The van der Waals surface area contributed by atoms with Crippen molar-refractivity contribution < 1.29 is 0 Å². The molecule has 0 aromatic carbocycles. The molecule has 0 aromatic heterocycles. The molecule has 0 aromatic rings. The first-order valence-corrected chi connectivity index (χ1v) is 4.73. The van der Waals surface area contributed by atoms with Gasteiger partial charge in [0.2, 0.25) is 3.79 Å². The van der Waals surface area contributed by atoms with Crippen LogP contribution >= 0.6 is 82.2 Å². The highest BCUT2D eigenvalue weighted by atomic mass is 35.6. The van der Waals surface area contributed by atoms with E-state index in [0.29, 0.717) is 0 Å². The fraction of sp³-hybridized carbons (Fsp3) is 1.00. The molecule has 7 heteroatoms. The van der Waals surface area contributed by atoms with Crippen molar-refractivity contribution >= 4 is 82.2 Å². The minimum Gasteiger partial charge on any atom is -0.102 e. The molecule has 0 aliphatic rings. The van der Waals surface area contributed by atoms with E-state index in [4.69, 9.17) is 69.6 Å². The van der Waals surface area contributed by atoms with Crippen LogP contribution in [0.2, 0.25) is 0 Å². The number of alkyl halides is 6. The molecular weight excluding hydrogens is 281 g/mol. The molecule has 0 fully saturated rings. The van der Waals surface area contributed by atoms with Crippen molar-refractivity contribution in [2.24, 2.45) is 0 Å². The van der Waals surface area contributed by atoms with Gasteiger partial charge in [-0.15, -0.1) is 23.2 Å². The topological polar surface area (TPSA) is 0 Å². The Morgan fingerprint density at radius 2 is 1.30 bits per heavy atom. The average Bonchev–Trinajstić information content (AvgIpc) is 1.62. The van der Waals surface area contributed by atoms with Gasteiger partial charge in [-0.2, -0.15) is 0 Å². The summed E-state index contributed by atoms with van der Waals surface area (Å²) in [5.74, 6) is 0. The summed E-state index contributed by atoms with van der Waals surface area (Å²) in [5, 5.41) is 0. The van der Waals surface area contributed by atoms with Crippen molar-refractivity contribution in [3.05, 3.63) is 0 Å². The van der Waals surface area contributed by atoms with Crippen LogP contribution in [0.3, 0.4) is 0 Å². The molecule has 0 aliphatic carbocycles. The molecule has 0 N–H and O–H groups in total. The van der Waals surface area contributed by atoms with Gasteiger partial charge in [0, 0.05) is 0 Å². The van der Waals surface area contributed by atoms with E-state index in [2.05, 4.69) is 12.6 Å². The molecule has 0 saturated carbocycles. The van der Waals surface area contributed by atoms with Crippen molar-refractivity contribution in [1.82, 2.24) is 0 Å². The molecule has 1 atom stereocenters. The Bertz CT molecular complexity index is 115. The van der Waals surface area contributed by atoms with Crippen LogP contribution in [0.1, 0.15) is 0 Å². The van der Waals surface area contributed by atoms with E-state index in [1.807, 2.05) is 0 Å². The van der Waals surface area contributed by atoms with Gasteiger partial charge in [-0.1, -0.05) is 59.0 Å². The molecule has 1 unspecified atom stereocenters. The summed E-state index contributed by atoms with van der Waals surface area (Å²) in [7, 11) is 0. The highest BCUT2D eigenvalue weighted by Crippen LogP contribution is 2.50. The summed E-state index contributed by atoms with van der Waals surface area (Å²) >= 11 is 36.8. The number of hydrogen-bond acceptors (Lipinski definition) is 0. The van der Waals surface area contributed by atoms with Gasteiger partial charge >= 0.3 is 0 Å². The lowest BCUT2D eigenvalue weighted by atomic mass is 10.5. The second-order valence-electron chi connectivity index (χ2n) is 1.44. The molecule has 10 heavy (non-hydrogen) atoms. The van der Waals surface area contributed by atoms with Crippen molar-refractivity contribution in [2.45, 2.75) is 12.8 Å². The van der Waals surface area contributed by atoms with E-state index in [0.717, 1.165) is 0 Å². The third-order valence-electron chi connectivity index (χ3n) is 0.667. The molecule has 0 bridgehead atoms. The standard InChI is InChI=1S/C3HCl6S/c4-1(5)2(6,10)3(7,8)9/h1H. The predicted octanol–water partition coefficient (Wildman–Crippen LogP) is 4.29. The maximum atomic E-state index is 5.50. The Hall–Kier alpha value is 2.09. The van der Waals surface area contributed by atoms with Crippen LogP contribution in [0.4, 0.5) is 0 Å². The summed E-state index contributed by atoms with van der Waals surface area (Å²) in [6, 6.07) is 0. The van der Waals surface area contributed by atoms with Crippen molar-refractivity contribution in [1.29, 1.82) is 0 Å². The first-order valence-electron chi connectivity index (χ1n) is 1.94. The van der Waals surface area contributed by atoms with E-state index in [1.165, 1.54) is 0 Å². The minimum absolute atomic E-state index is 1.11. The third kappa shape index (κ3) is 2.85. The second kappa shape index (κ2) is 3.87. The second-order valence-corrected chi connectivity index (χ2v) is 6.29. The fourth-order valence-electron chi connectivity index (χ4n) is 0.124. The van der Waals surface area contributed by atoms with Crippen LogP contribution < -0.4 is 0 Å². The highest BCUT2D eigenvalue weighted by Gasteiger charge is 2.50. The van der Waals surface area contributed by atoms with E-state index in [9.17, 15) is 0 Å². The lowest BCUT2D eigenvalue weighted by Crippen LogP contribution is -2.37. The molecule has 0 nitrogen and oxygen atoms in total. The van der Waals surface area contributed by atoms with E-state index < -0.39 is 12.8 Å². The maximum Gasteiger partial charge on any atom is 0.222 e. The van der Waals surface area contributed by atoms with Gasteiger partial charge in [0.25, 0.3) is 0 Å². The predicted molar refractivity (Wildman–Crippen MR) is 52.0 cm³/mol. The van der Waals surface area contributed by atoms with E-state index >= 15 is 0 Å². The molecule has 61 valence electrons. The third-order valence-corrected chi connectivity index (χ3v) is 4.37. The summed E-state index contributed by atoms with van der Waals surface area (Å²) in [4.78, 5) is -1.11. The zero-order valence-corrected chi connectivity index (χ0v) is 9.61. The van der Waals surface area contributed by atoms with Crippen molar-refractivity contribution in [2.75, 3.05) is 0 Å². The van der Waals surface area contributed by atoms with Crippen LogP contribution in [0.15, 0.2) is 0 Å². The minimum atomic E-state index is -1.85. The van der Waals surface area contributed by atoms with Gasteiger partial charge in [-0.25, -0.2) is 0 Å². The Balaban J connectivity index is 4.40. The first kappa shape index (κ1) is 12.1. The SMILES string of the molecule is [S]C(Cl)(C(Cl)Cl)C(Cl)(Cl)Cl. The van der Waals surface area contributed by atoms with Gasteiger partial charge in [-0.05, 0) is 0 Å². The maximum absolute atomic E-state index is 5.50. The largest absolute Gasteiger partial charge is 0.222 e. The van der Waals surface area contributed by atoms with E-state index in [1.54, 1.807) is 0 Å². The Kier molecular flexibility index (Phi) is 4.67. The van der Waals surface area contributed by atoms with Crippen LogP contribution in [0.25, 0.3) is 0 Å². The lowest BCUT2D eigenvalue weighted by molar-refractivity contribution is 0.885. The zero-order valence-electron chi connectivity index (χ0n) is 4.25. The van der Waals surface area contributed by atoms with Crippen molar-refractivity contribution in [3.63, 3.8) is 0 Å². The van der Waals surface area contributed by atoms with Gasteiger partial charge < -0.3 is 0 Å². The summed E-state index contributed by atoms with van der Waals surface area (Å²) in [6.45, 7) is 0. The van der Waals surface area contributed by atoms with E-state index in [-0.39, 0.29) is 0 Å². The van der Waals surface area contributed by atoms with Crippen LogP contribution in [0, 0.1) is 0 Å². The van der Waals surface area contributed by atoms with Crippen LogP contribution in [0.5, 0.6) is 0 Å². The summed E-state index contributed by atoms with van der Waals surface area (Å²) < 4.78 is -3.53. The van der Waals surface area contributed by atoms with Gasteiger partial charge in [0.05, 0.1) is 0 Å². The Labute approximate surface area is 94.4 Å². The first-order chi connectivity index (χ1) is 4.19. The number of hydrogen-bond donors (Lipinski definition) is 0. The quantitative estimate of drug-likeness (QED) is 0.629.